The van der Waals surface area contributed by atoms with Gasteiger partial charge in [-0.25, -0.2) is 4.39 Å². The number of aliphatic hydroxyl groups is 1. The third kappa shape index (κ3) is 3.90. The summed E-state index contributed by atoms with van der Waals surface area (Å²) in [5, 5.41) is 10.0. The van der Waals surface area contributed by atoms with E-state index >= 15 is 0 Å². The molecule has 19 heavy (non-hydrogen) atoms. The molecule has 100 valence electrons. The van der Waals surface area contributed by atoms with Gasteiger partial charge < -0.3 is 5.11 Å². The summed E-state index contributed by atoms with van der Waals surface area (Å²) >= 11 is 0. The van der Waals surface area contributed by atoms with E-state index < -0.39 is 6.10 Å². The van der Waals surface area contributed by atoms with Gasteiger partial charge in [-0.1, -0.05) is 49.4 Å². The average molecular weight is 258 g/mol. The van der Waals surface area contributed by atoms with E-state index in [1.165, 1.54) is 11.6 Å². The quantitative estimate of drug-likeness (QED) is 0.869. The van der Waals surface area contributed by atoms with Gasteiger partial charge >= 0.3 is 0 Å². The van der Waals surface area contributed by atoms with Crippen LogP contribution in [0.15, 0.2) is 48.5 Å². The summed E-state index contributed by atoms with van der Waals surface area (Å²) in [6.45, 7) is 2.11. The van der Waals surface area contributed by atoms with Crippen LogP contribution < -0.4 is 0 Å². The first-order chi connectivity index (χ1) is 9.19. The van der Waals surface area contributed by atoms with Crippen LogP contribution in [0.25, 0.3) is 0 Å². The largest absolute Gasteiger partial charge is 0.392 e. The SMILES string of the molecule is CCc1ccc(CC(O)Cc2ccccc2F)cc1. The van der Waals surface area contributed by atoms with Crippen molar-refractivity contribution in [3.8, 4) is 0 Å². The third-order valence-electron chi connectivity index (χ3n) is 3.32. The van der Waals surface area contributed by atoms with E-state index in [-0.39, 0.29) is 5.82 Å². The molecule has 0 saturated heterocycles. The van der Waals surface area contributed by atoms with Crippen LogP contribution in [-0.4, -0.2) is 11.2 Å². The first kappa shape index (κ1) is 13.8. The smallest absolute Gasteiger partial charge is 0.126 e. The molecule has 0 heterocycles. The third-order valence-corrected chi connectivity index (χ3v) is 3.32. The molecule has 1 N–H and O–H groups in total. The average Bonchev–Trinajstić information content (AvgIpc) is 2.42. The van der Waals surface area contributed by atoms with Crippen LogP contribution in [0.2, 0.25) is 0 Å². The highest BCUT2D eigenvalue weighted by Crippen LogP contribution is 2.13. The van der Waals surface area contributed by atoms with E-state index in [9.17, 15) is 9.50 Å². The Morgan fingerprint density at radius 1 is 0.947 bits per heavy atom. The van der Waals surface area contributed by atoms with Crippen molar-refractivity contribution in [2.24, 2.45) is 0 Å². The summed E-state index contributed by atoms with van der Waals surface area (Å²) in [4.78, 5) is 0. The Labute approximate surface area is 113 Å². The van der Waals surface area contributed by atoms with Crippen molar-refractivity contribution in [3.05, 3.63) is 71.0 Å². The maximum absolute atomic E-state index is 13.5. The van der Waals surface area contributed by atoms with E-state index in [2.05, 4.69) is 19.1 Å². The number of hydrogen-bond acceptors (Lipinski definition) is 1. The molecular weight excluding hydrogens is 239 g/mol. The maximum Gasteiger partial charge on any atom is 0.126 e. The lowest BCUT2D eigenvalue weighted by atomic mass is 10.00. The monoisotopic (exact) mass is 258 g/mol. The highest BCUT2D eigenvalue weighted by molar-refractivity contribution is 5.24. The fourth-order valence-electron chi connectivity index (χ4n) is 2.17. The fraction of sp³-hybridized carbons (Fsp3) is 0.294. The molecule has 0 fully saturated rings. The Kier molecular flexibility index (Phi) is 4.69. The molecule has 0 aliphatic carbocycles. The highest BCUT2D eigenvalue weighted by atomic mass is 19.1. The molecule has 0 amide bonds. The van der Waals surface area contributed by atoms with Gasteiger partial charge in [-0.05, 0) is 35.6 Å². The number of aliphatic hydroxyl groups excluding tert-OH is 1. The molecule has 0 aliphatic rings. The van der Waals surface area contributed by atoms with Crippen molar-refractivity contribution in [1.82, 2.24) is 0 Å². The van der Waals surface area contributed by atoms with Crippen molar-refractivity contribution in [2.75, 3.05) is 0 Å². The topological polar surface area (TPSA) is 20.2 Å². The lowest BCUT2D eigenvalue weighted by Crippen LogP contribution is -2.14. The van der Waals surface area contributed by atoms with E-state index in [1.807, 2.05) is 12.1 Å². The molecule has 0 spiro atoms. The molecule has 0 saturated carbocycles. The number of benzene rings is 2. The Hall–Kier alpha value is -1.67. The molecule has 0 aliphatic heterocycles. The molecule has 0 aromatic heterocycles. The molecule has 2 heteroatoms. The number of aryl methyl sites for hydroxylation is 1. The lowest BCUT2D eigenvalue weighted by molar-refractivity contribution is 0.174. The summed E-state index contributed by atoms with van der Waals surface area (Å²) < 4.78 is 13.5. The molecular formula is C17H19FO. The van der Waals surface area contributed by atoms with Crippen LogP contribution in [0, 0.1) is 5.82 Å². The van der Waals surface area contributed by atoms with Gasteiger partial charge in [0.1, 0.15) is 5.82 Å². The molecule has 1 nitrogen and oxygen atoms in total. The van der Waals surface area contributed by atoms with Crippen molar-refractivity contribution in [3.63, 3.8) is 0 Å². The van der Waals surface area contributed by atoms with E-state index in [0.717, 1.165) is 12.0 Å². The van der Waals surface area contributed by atoms with Crippen molar-refractivity contribution in [1.29, 1.82) is 0 Å². The van der Waals surface area contributed by atoms with Gasteiger partial charge in [-0.2, -0.15) is 0 Å². The van der Waals surface area contributed by atoms with E-state index in [4.69, 9.17) is 0 Å². The molecule has 0 bridgehead atoms. The zero-order valence-corrected chi connectivity index (χ0v) is 11.1. The highest BCUT2D eigenvalue weighted by Gasteiger charge is 2.09. The van der Waals surface area contributed by atoms with Crippen LogP contribution in [0.3, 0.4) is 0 Å². The predicted octanol–water partition coefficient (Wildman–Crippen LogP) is 3.53. The van der Waals surface area contributed by atoms with Crippen LogP contribution >= 0.6 is 0 Å². The first-order valence-electron chi connectivity index (χ1n) is 6.68. The van der Waals surface area contributed by atoms with Crippen LogP contribution in [0.5, 0.6) is 0 Å². The summed E-state index contributed by atoms with van der Waals surface area (Å²) in [5.74, 6) is -0.247. The predicted molar refractivity (Wildman–Crippen MR) is 75.6 cm³/mol. The fourth-order valence-corrected chi connectivity index (χ4v) is 2.17. The Morgan fingerprint density at radius 3 is 2.21 bits per heavy atom. The standard InChI is InChI=1S/C17H19FO/c1-2-13-7-9-14(10-8-13)11-16(19)12-15-5-3-4-6-17(15)18/h3-10,16,19H,2,11-12H2,1H3. The summed E-state index contributed by atoms with van der Waals surface area (Å²) in [6.07, 6.45) is 1.36. The second kappa shape index (κ2) is 6.48. The molecule has 2 rings (SSSR count). The minimum atomic E-state index is -0.552. The Bertz CT molecular complexity index is 519. The summed E-state index contributed by atoms with van der Waals surface area (Å²) in [6, 6.07) is 14.8. The zero-order valence-electron chi connectivity index (χ0n) is 11.1. The van der Waals surface area contributed by atoms with Crippen molar-refractivity contribution >= 4 is 0 Å². The zero-order chi connectivity index (χ0) is 13.7. The summed E-state index contributed by atoms with van der Waals surface area (Å²) in [5.41, 5.74) is 2.94. The minimum Gasteiger partial charge on any atom is -0.392 e. The van der Waals surface area contributed by atoms with Gasteiger partial charge in [0.2, 0.25) is 0 Å². The number of hydrogen-bond donors (Lipinski definition) is 1. The summed E-state index contributed by atoms with van der Waals surface area (Å²) in [7, 11) is 0. The van der Waals surface area contributed by atoms with Gasteiger partial charge in [-0.15, -0.1) is 0 Å². The van der Waals surface area contributed by atoms with Crippen LogP contribution in [-0.2, 0) is 19.3 Å². The number of halogens is 1. The molecule has 0 radical (unpaired) electrons. The van der Waals surface area contributed by atoms with Crippen LogP contribution in [0.1, 0.15) is 23.6 Å². The van der Waals surface area contributed by atoms with Gasteiger partial charge in [0.25, 0.3) is 0 Å². The van der Waals surface area contributed by atoms with E-state index in [1.54, 1.807) is 18.2 Å². The normalized spacial score (nSPS) is 12.4. The van der Waals surface area contributed by atoms with Gasteiger partial charge in [0.15, 0.2) is 0 Å². The number of rotatable bonds is 5. The lowest BCUT2D eigenvalue weighted by Gasteiger charge is -2.11. The molecule has 1 atom stereocenters. The maximum atomic E-state index is 13.5. The Balaban J connectivity index is 1.97. The first-order valence-corrected chi connectivity index (χ1v) is 6.68. The van der Waals surface area contributed by atoms with Crippen LogP contribution in [0.4, 0.5) is 4.39 Å². The second-order valence-electron chi connectivity index (χ2n) is 4.82. The molecule has 2 aromatic rings. The van der Waals surface area contributed by atoms with Gasteiger partial charge in [0.05, 0.1) is 6.10 Å². The van der Waals surface area contributed by atoms with Gasteiger partial charge in [0, 0.05) is 6.42 Å². The minimum absolute atomic E-state index is 0.247. The van der Waals surface area contributed by atoms with Crippen molar-refractivity contribution in [2.45, 2.75) is 32.3 Å². The molecule has 2 aromatic carbocycles. The second-order valence-corrected chi connectivity index (χ2v) is 4.82. The van der Waals surface area contributed by atoms with E-state index in [0.29, 0.717) is 18.4 Å². The van der Waals surface area contributed by atoms with Crippen molar-refractivity contribution < 1.29 is 9.50 Å². The van der Waals surface area contributed by atoms with Gasteiger partial charge in [-0.3, -0.25) is 0 Å². The molecule has 1 unspecified atom stereocenters. The Morgan fingerprint density at radius 2 is 1.58 bits per heavy atom.